The number of nitrogens with zero attached hydrogens (tertiary/aromatic N) is 5. The number of hydrogen-bond donors (Lipinski definition) is 1. The fourth-order valence-corrected chi connectivity index (χ4v) is 4.23. The summed E-state index contributed by atoms with van der Waals surface area (Å²) in [5.41, 5.74) is 4.27. The summed E-state index contributed by atoms with van der Waals surface area (Å²) in [5.74, 6) is 2.63. The topological polar surface area (TPSA) is 85.4 Å². The van der Waals surface area contributed by atoms with Crippen molar-refractivity contribution >= 4 is 22.7 Å². The Bertz CT molecular complexity index is 1320. The van der Waals surface area contributed by atoms with Gasteiger partial charge in [0.1, 0.15) is 0 Å². The molecule has 0 fully saturated rings. The number of hydrogen-bond acceptors (Lipinski definition) is 6. The van der Waals surface area contributed by atoms with Crippen LogP contribution >= 0.6 is 11.8 Å². The quantitative estimate of drug-likeness (QED) is 0.394. The van der Waals surface area contributed by atoms with Gasteiger partial charge in [0, 0.05) is 29.1 Å². The van der Waals surface area contributed by atoms with Crippen molar-refractivity contribution < 1.29 is 4.52 Å². The Morgan fingerprint density at radius 1 is 1.07 bits per heavy atom. The first-order valence-electron chi connectivity index (χ1n) is 9.76. The van der Waals surface area contributed by atoms with Gasteiger partial charge in [-0.2, -0.15) is 4.98 Å². The molecule has 0 atom stereocenters. The lowest BCUT2D eigenvalue weighted by Gasteiger charge is -2.12. The average Bonchev–Trinajstić information content (AvgIpc) is 3.50. The van der Waals surface area contributed by atoms with Crippen LogP contribution in [0.1, 0.15) is 24.2 Å². The van der Waals surface area contributed by atoms with Gasteiger partial charge in [0.25, 0.3) is 0 Å². The lowest BCUT2D eigenvalue weighted by atomic mass is 10.1. The molecule has 150 valence electrons. The van der Waals surface area contributed by atoms with E-state index < -0.39 is 0 Å². The standard InChI is InChI=1S/C22H20N6OS/c1-3-19-24-20(29-27-19)13-30-22-26-25-21(28(22)18-11-7-4-8-14(18)2)16-12-23-17-10-6-5-9-15(16)17/h4-12,23H,3,13H2,1-2H3. The maximum atomic E-state index is 5.34. The first-order valence-corrected chi connectivity index (χ1v) is 10.8. The van der Waals surface area contributed by atoms with Gasteiger partial charge in [-0.05, 0) is 24.6 Å². The summed E-state index contributed by atoms with van der Waals surface area (Å²) in [7, 11) is 0. The van der Waals surface area contributed by atoms with Crippen LogP contribution in [0.5, 0.6) is 0 Å². The minimum Gasteiger partial charge on any atom is -0.360 e. The SMILES string of the molecule is CCc1noc(CSc2nnc(-c3c[nH]c4ccccc34)n2-c2ccccc2C)n1. The summed E-state index contributed by atoms with van der Waals surface area (Å²) >= 11 is 1.53. The van der Waals surface area contributed by atoms with Gasteiger partial charge in [0.2, 0.25) is 5.89 Å². The van der Waals surface area contributed by atoms with Crippen molar-refractivity contribution in [3.63, 3.8) is 0 Å². The molecule has 3 aromatic heterocycles. The molecule has 5 aromatic rings. The number of benzene rings is 2. The number of aryl methyl sites for hydroxylation is 2. The summed E-state index contributed by atoms with van der Waals surface area (Å²) in [6.07, 6.45) is 2.74. The van der Waals surface area contributed by atoms with Crippen molar-refractivity contribution in [1.82, 2.24) is 29.9 Å². The maximum Gasteiger partial charge on any atom is 0.237 e. The van der Waals surface area contributed by atoms with Gasteiger partial charge in [-0.25, -0.2) is 0 Å². The largest absolute Gasteiger partial charge is 0.360 e. The Labute approximate surface area is 177 Å². The van der Waals surface area contributed by atoms with Gasteiger partial charge in [-0.15, -0.1) is 10.2 Å². The summed E-state index contributed by atoms with van der Waals surface area (Å²) < 4.78 is 7.44. The molecule has 0 radical (unpaired) electrons. The monoisotopic (exact) mass is 416 g/mol. The second-order valence-electron chi connectivity index (χ2n) is 6.92. The molecule has 0 spiro atoms. The van der Waals surface area contributed by atoms with Gasteiger partial charge in [-0.3, -0.25) is 4.57 Å². The Morgan fingerprint density at radius 2 is 1.90 bits per heavy atom. The Balaban J connectivity index is 1.60. The average molecular weight is 417 g/mol. The van der Waals surface area contributed by atoms with Crippen LogP contribution in [-0.4, -0.2) is 29.9 Å². The molecule has 2 aromatic carbocycles. The minimum absolute atomic E-state index is 0.533. The molecule has 0 aliphatic heterocycles. The number of aromatic nitrogens is 6. The van der Waals surface area contributed by atoms with Crippen LogP contribution in [0.2, 0.25) is 0 Å². The fraction of sp³-hybridized carbons (Fsp3) is 0.182. The molecule has 7 nitrogen and oxygen atoms in total. The first kappa shape index (κ1) is 18.6. The number of nitrogens with one attached hydrogen (secondary N) is 1. The molecular weight excluding hydrogens is 396 g/mol. The second kappa shape index (κ2) is 7.79. The van der Waals surface area contributed by atoms with Crippen LogP contribution in [0, 0.1) is 6.92 Å². The van der Waals surface area contributed by atoms with E-state index in [4.69, 9.17) is 4.52 Å². The predicted octanol–water partition coefficient (Wildman–Crippen LogP) is 4.96. The normalized spacial score (nSPS) is 11.4. The maximum absolute atomic E-state index is 5.34. The van der Waals surface area contributed by atoms with E-state index in [0.717, 1.165) is 45.1 Å². The lowest BCUT2D eigenvalue weighted by Crippen LogP contribution is -2.01. The van der Waals surface area contributed by atoms with Crippen LogP contribution < -0.4 is 0 Å². The molecule has 0 aliphatic carbocycles. The van der Waals surface area contributed by atoms with E-state index in [-0.39, 0.29) is 0 Å². The number of aromatic amines is 1. The predicted molar refractivity (Wildman–Crippen MR) is 117 cm³/mol. The number of fused-ring (bicyclic) bond motifs is 1. The Kier molecular flexibility index (Phi) is 4.84. The van der Waals surface area contributed by atoms with Crippen LogP contribution in [0.3, 0.4) is 0 Å². The van der Waals surface area contributed by atoms with Crippen molar-refractivity contribution in [2.75, 3.05) is 0 Å². The molecule has 0 unspecified atom stereocenters. The van der Waals surface area contributed by atoms with E-state index in [1.165, 1.54) is 11.8 Å². The van der Waals surface area contributed by atoms with Crippen molar-refractivity contribution in [3.8, 4) is 17.1 Å². The molecule has 5 rings (SSSR count). The zero-order chi connectivity index (χ0) is 20.5. The van der Waals surface area contributed by atoms with Crippen LogP contribution in [0.15, 0.2) is 64.4 Å². The van der Waals surface area contributed by atoms with E-state index in [9.17, 15) is 0 Å². The Morgan fingerprint density at radius 3 is 2.73 bits per heavy atom. The summed E-state index contributed by atoms with van der Waals surface area (Å²) in [6, 6.07) is 16.4. The third kappa shape index (κ3) is 3.29. The minimum atomic E-state index is 0.533. The van der Waals surface area contributed by atoms with E-state index in [1.807, 2.05) is 37.4 Å². The van der Waals surface area contributed by atoms with E-state index in [2.05, 4.69) is 61.1 Å². The number of rotatable bonds is 6. The number of thioether (sulfide) groups is 1. The van der Waals surface area contributed by atoms with Crippen molar-refractivity contribution in [2.24, 2.45) is 0 Å². The van der Waals surface area contributed by atoms with Crippen LogP contribution in [-0.2, 0) is 12.2 Å². The van der Waals surface area contributed by atoms with E-state index >= 15 is 0 Å². The third-order valence-corrected chi connectivity index (χ3v) is 5.88. The first-order chi connectivity index (χ1) is 14.7. The zero-order valence-electron chi connectivity index (χ0n) is 16.7. The molecule has 1 N–H and O–H groups in total. The fourth-order valence-electron chi connectivity index (χ4n) is 3.44. The molecule has 0 bridgehead atoms. The summed E-state index contributed by atoms with van der Waals surface area (Å²) in [6.45, 7) is 4.10. The highest BCUT2D eigenvalue weighted by Crippen LogP contribution is 2.34. The Hall–Kier alpha value is -3.39. The third-order valence-electron chi connectivity index (χ3n) is 4.97. The number of H-pyrrole nitrogens is 1. The van der Waals surface area contributed by atoms with Gasteiger partial charge in [0.15, 0.2) is 16.8 Å². The van der Waals surface area contributed by atoms with Gasteiger partial charge in [-0.1, -0.05) is 60.2 Å². The molecule has 3 heterocycles. The lowest BCUT2D eigenvalue weighted by molar-refractivity contribution is 0.385. The van der Waals surface area contributed by atoms with Gasteiger partial charge in [0.05, 0.1) is 11.4 Å². The van der Waals surface area contributed by atoms with Crippen molar-refractivity contribution in [2.45, 2.75) is 31.2 Å². The van der Waals surface area contributed by atoms with E-state index in [0.29, 0.717) is 17.5 Å². The molecule has 30 heavy (non-hydrogen) atoms. The summed E-state index contributed by atoms with van der Waals surface area (Å²) in [4.78, 5) is 7.74. The van der Waals surface area contributed by atoms with Gasteiger partial charge >= 0.3 is 0 Å². The smallest absolute Gasteiger partial charge is 0.237 e. The molecule has 0 aliphatic rings. The molecule has 0 saturated carbocycles. The second-order valence-corrected chi connectivity index (χ2v) is 7.87. The molecule has 0 saturated heterocycles. The highest BCUT2D eigenvalue weighted by molar-refractivity contribution is 7.98. The van der Waals surface area contributed by atoms with Crippen LogP contribution in [0.4, 0.5) is 0 Å². The number of para-hydroxylation sites is 2. The van der Waals surface area contributed by atoms with Crippen LogP contribution in [0.25, 0.3) is 28.0 Å². The van der Waals surface area contributed by atoms with Crippen molar-refractivity contribution in [1.29, 1.82) is 0 Å². The van der Waals surface area contributed by atoms with Crippen molar-refractivity contribution in [3.05, 3.63) is 72.0 Å². The molecule has 0 amide bonds. The highest BCUT2D eigenvalue weighted by Gasteiger charge is 2.20. The van der Waals surface area contributed by atoms with Gasteiger partial charge < -0.3 is 9.51 Å². The molecule has 8 heteroatoms. The summed E-state index contributed by atoms with van der Waals surface area (Å²) in [5, 5.41) is 14.9. The zero-order valence-corrected chi connectivity index (χ0v) is 17.5. The van der Waals surface area contributed by atoms with E-state index in [1.54, 1.807) is 0 Å². The highest BCUT2D eigenvalue weighted by atomic mass is 32.2. The molecular formula is C22H20N6OS.